The molecule has 2 rings (SSSR count). The second kappa shape index (κ2) is 5.56. The smallest absolute Gasteiger partial charge is 0.358 e. The Balaban J connectivity index is 2.16. The summed E-state index contributed by atoms with van der Waals surface area (Å²) in [5.74, 6) is -0.533. The van der Waals surface area contributed by atoms with E-state index < -0.39 is 5.97 Å². The van der Waals surface area contributed by atoms with Crippen molar-refractivity contribution in [2.45, 2.75) is 20.4 Å². The number of rotatable bonds is 5. The highest BCUT2D eigenvalue weighted by atomic mass is 16.5. The van der Waals surface area contributed by atoms with Gasteiger partial charge in [-0.1, -0.05) is 17.3 Å². The molecule has 2 aromatic rings. The highest BCUT2D eigenvalue weighted by Crippen LogP contribution is 2.18. The summed E-state index contributed by atoms with van der Waals surface area (Å²) in [4.78, 5) is 12.8. The molecule has 1 N–H and O–H groups in total. The van der Waals surface area contributed by atoms with Gasteiger partial charge in [-0.2, -0.15) is 0 Å². The average Bonchev–Trinajstić information content (AvgIpc) is 2.84. The van der Waals surface area contributed by atoms with Gasteiger partial charge < -0.3 is 14.5 Å². The number of carboxylic acids is 1. The van der Waals surface area contributed by atoms with Gasteiger partial charge in [0.25, 0.3) is 0 Å². The first-order valence-corrected chi connectivity index (χ1v) is 6.10. The maximum atomic E-state index is 10.7. The Bertz CT molecular complexity index is 578. The molecule has 0 amide bonds. The number of nitrogens with zero attached hydrogens (tertiary/aromatic N) is 2. The number of aromatic carboxylic acids is 1. The minimum atomic E-state index is -1.08. The van der Waals surface area contributed by atoms with Crippen LogP contribution < -0.4 is 4.90 Å². The van der Waals surface area contributed by atoms with E-state index in [1.165, 1.54) is 11.6 Å². The van der Waals surface area contributed by atoms with Crippen LogP contribution in [0, 0.1) is 6.92 Å². The van der Waals surface area contributed by atoms with Crippen LogP contribution in [0.25, 0.3) is 0 Å². The molecule has 5 heteroatoms. The van der Waals surface area contributed by atoms with Crippen LogP contribution in [0.15, 0.2) is 34.9 Å². The molecule has 0 radical (unpaired) electrons. The van der Waals surface area contributed by atoms with Crippen molar-refractivity contribution in [1.82, 2.24) is 5.16 Å². The number of carbonyl (C=O) groups is 1. The van der Waals surface area contributed by atoms with Gasteiger partial charge in [0.1, 0.15) is 0 Å². The van der Waals surface area contributed by atoms with E-state index in [1.807, 2.05) is 32.0 Å². The van der Waals surface area contributed by atoms with Crippen molar-refractivity contribution in [3.05, 3.63) is 47.3 Å². The summed E-state index contributed by atoms with van der Waals surface area (Å²) in [6.45, 7) is 5.37. The summed E-state index contributed by atoms with van der Waals surface area (Å²) < 4.78 is 5.04. The summed E-state index contributed by atoms with van der Waals surface area (Å²) in [6, 6.07) is 9.59. The third-order valence-corrected chi connectivity index (χ3v) is 2.87. The molecule has 0 unspecified atom stereocenters. The number of aryl methyl sites for hydroxylation is 1. The quantitative estimate of drug-likeness (QED) is 0.895. The van der Waals surface area contributed by atoms with Crippen molar-refractivity contribution in [1.29, 1.82) is 0 Å². The van der Waals surface area contributed by atoms with E-state index >= 15 is 0 Å². The van der Waals surface area contributed by atoms with Gasteiger partial charge in [0.05, 0.1) is 6.54 Å². The van der Waals surface area contributed by atoms with E-state index in [0.717, 1.165) is 12.2 Å². The van der Waals surface area contributed by atoms with Crippen molar-refractivity contribution in [2.75, 3.05) is 11.4 Å². The van der Waals surface area contributed by atoms with Gasteiger partial charge in [0.15, 0.2) is 11.5 Å². The fourth-order valence-corrected chi connectivity index (χ4v) is 1.89. The van der Waals surface area contributed by atoms with Crippen LogP contribution in [0.3, 0.4) is 0 Å². The molecule has 1 aromatic carbocycles. The first-order chi connectivity index (χ1) is 9.10. The topological polar surface area (TPSA) is 66.6 Å². The van der Waals surface area contributed by atoms with E-state index in [4.69, 9.17) is 9.63 Å². The molecule has 0 spiro atoms. The maximum absolute atomic E-state index is 10.7. The fraction of sp³-hybridized carbons (Fsp3) is 0.286. The largest absolute Gasteiger partial charge is 0.476 e. The molecular weight excluding hydrogens is 244 g/mol. The number of aromatic nitrogens is 1. The molecule has 0 atom stereocenters. The van der Waals surface area contributed by atoms with Crippen LogP contribution in [-0.4, -0.2) is 22.8 Å². The lowest BCUT2D eigenvalue weighted by Gasteiger charge is -2.21. The molecule has 0 aliphatic heterocycles. The van der Waals surface area contributed by atoms with Crippen molar-refractivity contribution in [3.63, 3.8) is 0 Å². The zero-order valence-electron chi connectivity index (χ0n) is 11.0. The van der Waals surface area contributed by atoms with Crippen LogP contribution in [0.5, 0.6) is 0 Å². The van der Waals surface area contributed by atoms with Gasteiger partial charge in [0.2, 0.25) is 0 Å². The van der Waals surface area contributed by atoms with E-state index in [-0.39, 0.29) is 5.69 Å². The second-order valence-corrected chi connectivity index (χ2v) is 4.34. The van der Waals surface area contributed by atoms with Crippen molar-refractivity contribution in [2.24, 2.45) is 0 Å². The highest BCUT2D eigenvalue weighted by Gasteiger charge is 2.13. The standard InChI is InChI=1S/C14H16N2O3/c1-3-16(11-6-4-5-10(2)7-11)9-12-8-13(14(17)18)15-19-12/h4-8H,3,9H2,1-2H3,(H,17,18). The normalized spacial score (nSPS) is 10.4. The van der Waals surface area contributed by atoms with Gasteiger partial charge >= 0.3 is 5.97 Å². The van der Waals surface area contributed by atoms with Gasteiger partial charge in [-0.25, -0.2) is 4.79 Å². The average molecular weight is 260 g/mol. The summed E-state index contributed by atoms with van der Waals surface area (Å²) in [6.07, 6.45) is 0. The summed E-state index contributed by atoms with van der Waals surface area (Å²) >= 11 is 0. The first kappa shape index (κ1) is 13.1. The first-order valence-electron chi connectivity index (χ1n) is 6.10. The van der Waals surface area contributed by atoms with Crippen LogP contribution in [0.2, 0.25) is 0 Å². The lowest BCUT2D eigenvalue weighted by molar-refractivity contribution is 0.0685. The Morgan fingerprint density at radius 3 is 2.79 bits per heavy atom. The molecule has 0 aliphatic carbocycles. The molecule has 1 heterocycles. The lowest BCUT2D eigenvalue weighted by atomic mass is 10.2. The SMILES string of the molecule is CCN(Cc1cc(C(=O)O)no1)c1cccc(C)c1. The Morgan fingerprint density at radius 1 is 1.42 bits per heavy atom. The Kier molecular flexibility index (Phi) is 3.85. The van der Waals surface area contributed by atoms with Crippen LogP contribution in [0.1, 0.15) is 28.7 Å². The highest BCUT2D eigenvalue weighted by molar-refractivity contribution is 5.85. The molecule has 5 nitrogen and oxygen atoms in total. The molecule has 0 aliphatic rings. The number of carboxylic acid groups (broad SMARTS) is 1. The Morgan fingerprint density at radius 2 is 2.21 bits per heavy atom. The van der Waals surface area contributed by atoms with Gasteiger partial charge in [-0.15, -0.1) is 0 Å². The molecule has 0 bridgehead atoms. The molecule has 19 heavy (non-hydrogen) atoms. The monoisotopic (exact) mass is 260 g/mol. The molecular formula is C14H16N2O3. The van der Waals surface area contributed by atoms with E-state index in [9.17, 15) is 4.79 Å². The minimum absolute atomic E-state index is 0.0599. The van der Waals surface area contributed by atoms with Crippen LogP contribution >= 0.6 is 0 Å². The summed E-state index contributed by atoms with van der Waals surface area (Å²) in [7, 11) is 0. The second-order valence-electron chi connectivity index (χ2n) is 4.34. The Hall–Kier alpha value is -2.30. The van der Waals surface area contributed by atoms with E-state index in [1.54, 1.807) is 0 Å². The molecule has 0 saturated carbocycles. The van der Waals surface area contributed by atoms with Crippen molar-refractivity contribution < 1.29 is 14.4 Å². The molecule has 0 fully saturated rings. The van der Waals surface area contributed by atoms with Crippen LogP contribution in [0.4, 0.5) is 5.69 Å². The van der Waals surface area contributed by atoms with Gasteiger partial charge in [-0.05, 0) is 31.5 Å². The van der Waals surface area contributed by atoms with Gasteiger partial charge in [0, 0.05) is 18.3 Å². The minimum Gasteiger partial charge on any atom is -0.476 e. The zero-order chi connectivity index (χ0) is 13.8. The summed E-state index contributed by atoms with van der Waals surface area (Å²) in [5.41, 5.74) is 2.20. The molecule has 1 aromatic heterocycles. The van der Waals surface area contributed by atoms with Crippen LogP contribution in [-0.2, 0) is 6.54 Å². The number of hydrogen-bond acceptors (Lipinski definition) is 4. The van der Waals surface area contributed by atoms with Crippen molar-refractivity contribution in [3.8, 4) is 0 Å². The third kappa shape index (κ3) is 3.13. The fourth-order valence-electron chi connectivity index (χ4n) is 1.89. The number of hydrogen-bond donors (Lipinski definition) is 1. The lowest BCUT2D eigenvalue weighted by Crippen LogP contribution is -2.21. The third-order valence-electron chi connectivity index (χ3n) is 2.87. The number of anilines is 1. The van der Waals surface area contributed by atoms with E-state index in [0.29, 0.717) is 12.3 Å². The van der Waals surface area contributed by atoms with Gasteiger partial charge in [-0.3, -0.25) is 0 Å². The van der Waals surface area contributed by atoms with Crippen molar-refractivity contribution >= 4 is 11.7 Å². The zero-order valence-corrected chi connectivity index (χ0v) is 11.0. The molecule has 0 saturated heterocycles. The number of benzene rings is 1. The predicted octanol–water partition coefficient (Wildman–Crippen LogP) is 2.71. The van der Waals surface area contributed by atoms with E-state index in [2.05, 4.69) is 16.1 Å². The summed E-state index contributed by atoms with van der Waals surface area (Å²) in [5, 5.41) is 12.3. The maximum Gasteiger partial charge on any atom is 0.358 e. The Labute approximate surface area is 111 Å². The molecule has 100 valence electrons. The predicted molar refractivity (Wildman–Crippen MR) is 71.4 cm³/mol.